The summed E-state index contributed by atoms with van der Waals surface area (Å²) in [6.45, 7) is 6.82. The molecule has 0 spiro atoms. The monoisotopic (exact) mass is 571 g/mol. The number of aryl methyl sites for hydroxylation is 1. The van der Waals surface area contributed by atoms with Gasteiger partial charge in [-0.3, -0.25) is 9.48 Å². The SMILES string of the molecule is Cn1nc(C23CCC(CN(C(=O)C45CC(F)(C4)C5)c4cccc(-c5noc(C(C)(C)C)n5)c4)(CC2)CC3)cc1C1CC1. The van der Waals surface area contributed by atoms with E-state index in [9.17, 15) is 9.18 Å². The fourth-order valence-corrected chi connectivity index (χ4v) is 8.64. The van der Waals surface area contributed by atoms with Gasteiger partial charge < -0.3 is 9.42 Å². The maximum absolute atomic E-state index is 14.6. The van der Waals surface area contributed by atoms with Crippen molar-refractivity contribution in [1.29, 1.82) is 0 Å². The zero-order chi connectivity index (χ0) is 29.1. The molecule has 8 heteroatoms. The zero-order valence-corrected chi connectivity index (χ0v) is 25.4. The summed E-state index contributed by atoms with van der Waals surface area (Å²) in [7, 11) is 2.10. The number of carbonyl (C=O) groups excluding carboxylic acids is 1. The number of carbonyl (C=O) groups is 1. The Labute approximate surface area is 247 Å². The third-order valence-electron chi connectivity index (χ3n) is 11.5. The number of halogens is 1. The van der Waals surface area contributed by atoms with E-state index in [2.05, 4.69) is 27.9 Å². The molecule has 1 amide bonds. The van der Waals surface area contributed by atoms with Crippen molar-refractivity contribution in [2.45, 2.75) is 114 Å². The highest BCUT2D eigenvalue weighted by Crippen LogP contribution is 2.70. The van der Waals surface area contributed by atoms with Gasteiger partial charge in [0.2, 0.25) is 17.6 Å². The summed E-state index contributed by atoms with van der Waals surface area (Å²) in [5, 5.41) is 9.29. The van der Waals surface area contributed by atoms with Crippen LogP contribution in [0.2, 0.25) is 0 Å². The van der Waals surface area contributed by atoms with Crippen LogP contribution in [0.5, 0.6) is 0 Å². The predicted molar refractivity (Wildman–Crippen MR) is 158 cm³/mol. The van der Waals surface area contributed by atoms with Crippen molar-refractivity contribution in [3.63, 3.8) is 0 Å². The van der Waals surface area contributed by atoms with Crippen LogP contribution in [0, 0.1) is 10.8 Å². The lowest BCUT2D eigenvalue weighted by atomic mass is 9.41. The first-order valence-electron chi connectivity index (χ1n) is 15.9. The van der Waals surface area contributed by atoms with Crippen LogP contribution in [0.15, 0.2) is 34.9 Å². The second-order valence-corrected chi connectivity index (χ2v) is 15.7. The van der Waals surface area contributed by atoms with Crippen LogP contribution in [0.25, 0.3) is 11.4 Å². The lowest BCUT2D eigenvalue weighted by Gasteiger charge is -2.65. The maximum atomic E-state index is 14.6. The Kier molecular flexibility index (Phi) is 5.40. The molecule has 0 radical (unpaired) electrons. The van der Waals surface area contributed by atoms with Crippen molar-refractivity contribution in [2.24, 2.45) is 17.9 Å². The number of rotatable bonds is 7. The molecule has 1 aromatic carbocycles. The minimum atomic E-state index is -1.12. The Bertz CT molecular complexity index is 1530. The Balaban J connectivity index is 1.07. The van der Waals surface area contributed by atoms with Gasteiger partial charge in [-0.2, -0.15) is 10.1 Å². The van der Waals surface area contributed by atoms with E-state index in [4.69, 9.17) is 9.62 Å². The van der Waals surface area contributed by atoms with Gasteiger partial charge in [-0.1, -0.05) is 38.1 Å². The van der Waals surface area contributed by atoms with E-state index >= 15 is 0 Å². The van der Waals surface area contributed by atoms with Crippen LogP contribution in [0.1, 0.15) is 115 Å². The molecule has 7 nitrogen and oxygen atoms in total. The van der Waals surface area contributed by atoms with Crippen molar-refractivity contribution in [3.05, 3.63) is 47.6 Å². The second-order valence-electron chi connectivity index (χ2n) is 15.7. The normalized spacial score (nSPS) is 33.3. The Morgan fingerprint density at radius 2 is 1.76 bits per heavy atom. The molecule has 7 fully saturated rings. The summed E-state index contributed by atoms with van der Waals surface area (Å²) in [6, 6.07) is 10.4. The number of amides is 1. The number of nitrogens with zero attached hydrogens (tertiary/aromatic N) is 5. The van der Waals surface area contributed by atoms with E-state index in [1.165, 1.54) is 24.2 Å². The standard InChI is InChI=1S/C34H42FN5O2/c1-30(2,3)28-36-27(38-42-28)23-6-5-7-24(16-23)40(29(41)33-18-34(35,19-33)20-33)21-31-10-13-32(14-11-31,15-12-31)26-17-25(22-8-9-22)39(4)37-26/h5-7,16-17,22H,8-15,18-21H2,1-4H3. The van der Waals surface area contributed by atoms with Crippen LogP contribution >= 0.6 is 0 Å². The number of anilines is 1. The van der Waals surface area contributed by atoms with Crippen LogP contribution in [0.4, 0.5) is 10.1 Å². The van der Waals surface area contributed by atoms with E-state index < -0.39 is 11.1 Å². The summed E-state index contributed by atoms with van der Waals surface area (Å²) in [4.78, 5) is 20.9. The fourth-order valence-electron chi connectivity index (χ4n) is 8.64. The summed E-state index contributed by atoms with van der Waals surface area (Å²) in [6.07, 6.45) is 10.3. The number of alkyl halides is 1. The maximum Gasteiger partial charge on any atom is 0.233 e. The van der Waals surface area contributed by atoms with Gasteiger partial charge in [-0.25, -0.2) is 4.39 Å². The van der Waals surface area contributed by atoms with Crippen LogP contribution in [-0.2, 0) is 22.7 Å². The number of benzene rings is 1. The van der Waals surface area contributed by atoms with E-state index in [0.717, 1.165) is 49.8 Å². The van der Waals surface area contributed by atoms with Crippen molar-refractivity contribution in [2.75, 3.05) is 11.4 Å². The average Bonchev–Trinajstić information content (AvgIpc) is 3.49. The first-order valence-corrected chi connectivity index (χ1v) is 15.9. The van der Waals surface area contributed by atoms with Gasteiger partial charge in [0, 0.05) is 47.3 Å². The molecular weight excluding hydrogens is 529 g/mol. The largest absolute Gasteiger partial charge is 0.338 e. The van der Waals surface area contributed by atoms with Crippen molar-refractivity contribution >= 4 is 11.6 Å². The first kappa shape index (κ1) is 26.6. The van der Waals surface area contributed by atoms with Gasteiger partial charge in [0.25, 0.3) is 0 Å². The second kappa shape index (κ2) is 8.54. The molecule has 2 heterocycles. The van der Waals surface area contributed by atoms with Crippen molar-refractivity contribution < 1.29 is 13.7 Å². The predicted octanol–water partition coefficient (Wildman–Crippen LogP) is 7.16. The lowest BCUT2D eigenvalue weighted by molar-refractivity contribution is -0.211. The first-order chi connectivity index (χ1) is 19.9. The molecule has 42 heavy (non-hydrogen) atoms. The highest BCUT2D eigenvalue weighted by molar-refractivity contribution is 6.00. The highest BCUT2D eigenvalue weighted by atomic mass is 19.1. The van der Waals surface area contributed by atoms with Crippen LogP contribution in [-0.4, -0.2) is 38.0 Å². The summed E-state index contributed by atoms with van der Waals surface area (Å²) < 4.78 is 22.3. The van der Waals surface area contributed by atoms with E-state index in [1.54, 1.807) is 0 Å². The molecule has 3 aromatic rings. The number of hydrogen-bond donors (Lipinski definition) is 0. The third-order valence-corrected chi connectivity index (χ3v) is 11.5. The fraction of sp³-hybridized carbons (Fsp3) is 0.647. The molecule has 4 bridgehead atoms. The van der Waals surface area contributed by atoms with Gasteiger partial charge >= 0.3 is 0 Å². The molecule has 0 atom stereocenters. The van der Waals surface area contributed by atoms with Gasteiger partial charge in [0.05, 0.1) is 11.1 Å². The Morgan fingerprint density at radius 1 is 1.07 bits per heavy atom. The van der Waals surface area contributed by atoms with E-state index in [0.29, 0.717) is 43.4 Å². The summed E-state index contributed by atoms with van der Waals surface area (Å²) >= 11 is 0. The molecule has 10 rings (SSSR count). The zero-order valence-electron chi connectivity index (χ0n) is 25.4. The smallest absolute Gasteiger partial charge is 0.233 e. The molecule has 2 aromatic heterocycles. The van der Waals surface area contributed by atoms with Gasteiger partial charge in [0.15, 0.2) is 0 Å². The number of aromatic nitrogens is 4. The molecule has 0 saturated heterocycles. The molecule has 0 unspecified atom stereocenters. The molecular formula is C34H42FN5O2. The number of fused-ring (bicyclic) bond motifs is 3. The Morgan fingerprint density at radius 3 is 2.36 bits per heavy atom. The molecule has 7 aliphatic rings. The highest BCUT2D eigenvalue weighted by Gasteiger charge is 2.73. The summed E-state index contributed by atoms with van der Waals surface area (Å²) in [5.74, 6) is 1.91. The van der Waals surface area contributed by atoms with Gasteiger partial charge in [0.1, 0.15) is 5.67 Å². The molecule has 222 valence electrons. The van der Waals surface area contributed by atoms with Gasteiger partial charge in [-0.05, 0) is 94.2 Å². The number of hydrogen-bond acceptors (Lipinski definition) is 5. The van der Waals surface area contributed by atoms with Crippen molar-refractivity contribution in [1.82, 2.24) is 19.9 Å². The third kappa shape index (κ3) is 4.03. The molecule has 7 saturated carbocycles. The van der Waals surface area contributed by atoms with E-state index in [1.807, 2.05) is 49.9 Å². The average molecular weight is 572 g/mol. The molecule has 7 aliphatic carbocycles. The molecule has 0 aliphatic heterocycles. The quantitative estimate of drug-likeness (QED) is 0.301. The van der Waals surface area contributed by atoms with Gasteiger partial charge in [-0.15, -0.1) is 0 Å². The topological polar surface area (TPSA) is 77.0 Å². The molecule has 0 N–H and O–H groups in total. The Hall–Kier alpha value is -3.03. The van der Waals surface area contributed by atoms with Crippen LogP contribution in [0.3, 0.4) is 0 Å². The minimum absolute atomic E-state index is 0.0734. The van der Waals surface area contributed by atoms with E-state index in [-0.39, 0.29) is 22.2 Å². The van der Waals surface area contributed by atoms with Crippen molar-refractivity contribution in [3.8, 4) is 11.4 Å². The lowest BCUT2D eigenvalue weighted by Crippen LogP contribution is -2.71. The minimum Gasteiger partial charge on any atom is -0.338 e. The summed E-state index contributed by atoms with van der Waals surface area (Å²) in [5.41, 5.74) is 2.71. The van der Waals surface area contributed by atoms with Crippen LogP contribution < -0.4 is 4.90 Å².